The van der Waals surface area contributed by atoms with Crippen LogP contribution in [0.3, 0.4) is 0 Å². The third-order valence-corrected chi connectivity index (χ3v) is 5.57. The van der Waals surface area contributed by atoms with Gasteiger partial charge < -0.3 is 5.11 Å². The molecule has 2 N–H and O–H groups in total. The number of phenols is 1. The zero-order valence-corrected chi connectivity index (χ0v) is 16.9. The van der Waals surface area contributed by atoms with Crippen LogP contribution in [-0.2, 0) is 6.54 Å². The summed E-state index contributed by atoms with van der Waals surface area (Å²) in [6.07, 6.45) is 1.31. The molecule has 9 heteroatoms. The van der Waals surface area contributed by atoms with Crippen molar-refractivity contribution in [2.75, 3.05) is 0 Å². The SMILES string of the molecule is O=C(NN=Cc1sc(=O)n(Cc2ccc(Br)cc2)c1Cl)c1ccccc1O. The molecule has 1 heterocycles. The minimum Gasteiger partial charge on any atom is -0.507 e. The Bertz CT molecular complexity index is 1060. The standard InChI is InChI=1S/C18H13BrClN3O3S/c19-12-7-5-11(6-8-12)10-23-16(20)15(27-18(23)26)9-21-22-17(25)13-3-1-2-4-14(13)24/h1-9,24H,10H2,(H,22,25). The van der Waals surface area contributed by atoms with Crippen molar-refractivity contribution >= 4 is 51.0 Å². The second kappa shape index (κ2) is 8.51. The highest BCUT2D eigenvalue weighted by Gasteiger charge is 2.13. The molecule has 0 aliphatic heterocycles. The van der Waals surface area contributed by atoms with E-state index in [0.717, 1.165) is 21.4 Å². The van der Waals surface area contributed by atoms with Gasteiger partial charge in [-0.3, -0.25) is 14.2 Å². The number of rotatable bonds is 5. The number of hydrazone groups is 1. The third-order valence-electron chi connectivity index (χ3n) is 3.61. The second-order valence-electron chi connectivity index (χ2n) is 5.45. The maximum atomic E-state index is 12.2. The van der Waals surface area contributed by atoms with Crippen molar-refractivity contribution in [3.8, 4) is 5.75 Å². The van der Waals surface area contributed by atoms with Gasteiger partial charge in [-0.25, -0.2) is 5.43 Å². The molecule has 0 saturated heterocycles. The van der Waals surface area contributed by atoms with Crippen molar-refractivity contribution in [2.24, 2.45) is 5.10 Å². The van der Waals surface area contributed by atoms with Crippen molar-refractivity contribution < 1.29 is 9.90 Å². The van der Waals surface area contributed by atoms with Crippen molar-refractivity contribution in [3.63, 3.8) is 0 Å². The first-order valence-electron chi connectivity index (χ1n) is 7.70. The number of halogens is 2. The normalized spacial score (nSPS) is 11.0. The molecule has 0 atom stereocenters. The number of thiazole rings is 1. The highest BCUT2D eigenvalue weighted by Crippen LogP contribution is 2.19. The highest BCUT2D eigenvalue weighted by molar-refractivity contribution is 9.10. The van der Waals surface area contributed by atoms with Crippen molar-refractivity contribution in [3.05, 3.63) is 83.8 Å². The first-order chi connectivity index (χ1) is 13.0. The number of carbonyl (C=O) groups is 1. The number of amides is 1. The Morgan fingerprint density at radius 2 is 1.96 bits per heavy atom. The van der Waals surface area contributed by atoms with Gasteiger partial charge in [0.2, 0.25) is 0 Å². The van der Waals surface area contributed by atoms with E-state index in [9.17, 15) is 14.7 Å². The topological polar surface area (TPSA) is 83.7 Å². The van der Waals surface area contributed by atoms with Gasteiger partial charge >= 0.3 is 4.87 Å². The van der Waals surface area contributed by atoms with Gasteiger partial charge in [0, 0.05) is 4.47 Å². The van der Waals surface area contributed by atoms with Crippen LogP contribution in [0.2, 0.25) is 5.15 Å². The summed E-state index contributed by atoms with van der Waals surface area (Å²) in [7, 11) is 0. The van der Waals surface area contributed by atoms with Crippen LogP contribution in [0.25, 0.3) is 0 Å². The molecule has 1 aromatic heterocycles. The molecule has 0 bridgehead atoms. The highest BCUT2D eigenvalue weighted by atomic mass is 79.9. The molecule has 0 aliphatic carbocycles. The van der Waals surface area contributed by atoms with Gasteiger partial charge in [-0.05, 0) is 29.8 Å². The number of para-hydroxylation sites is 1. The van der Waals surface area contributed by atoms with Gasteiger partial charge in [0.1, 0.15) is 10.9 Å². The van der Waals surface area contributed by atoms with Crippen molar-refractivity contribution in [1.29, 1.82) is 0 Å². The fourth-order valence-corrected chi connectivity index (χ4v) is 3.64. The molecule has 0 saturated carbocycles. The number of hydrogen-bond acceptors (Lipinski definition) is 5. The molecule has 2 aromatic carbocycles. The summed E-state index contributed by atoms with van der Waals surface area (Å²) in [4.78, 5) is 24.4. The van der Waals surface area contributed by atoms with Gasteiger partial charge in [0.25, 0.3) is 5.91 Å². The van der Waals surface area contributed by atoms with E-state index >= 15 is 0 Å². The summed E-state index contributed by atoms with van der Waals surface area (Å²) >= 11 is 10.6. The quantitative estimate of drug-likeness (QED) is 0.443. The van der Waals surface area contributed by atoms with Gasteiger partial charge in [-0.15, -0.1) is 0 Å². The van der Waals surface area contributed by atoms with Crippen LogP contribution < -0.4 is 10.3 Å². The van der Waals surface area contributed by atoms with Crippen LogP contribution in [0.4, 0.5) is 0 Å². The first-order valence-corrected chi connectivity index (χ1v) is 9.69. The molecule has 1 amide bonds. The molecule has 0 fully saturated rings. The fourth-order valence-electron chi connectivity index (χ4n) is 2.27. The van der Waals surface area contributed by atoms with E-state index in [1.807, 2.05) is 24.3 Å². The number of hydrogen-bond donors (Lipinski definition) is 2. The average molecular weight is 467 g/mol. The summed E-state index contributed by atoms with van der Waals surface area (Å²) < 4.78 is 2.38. The number of aromatic hydroxyl groups is 1. The van der Waals surface area contributed by atoms with Crippen LogP contribution >= 0.6 is 38.9 Å². The Labute approximate surface area is 171 Å². The Hall–Kier alpha value is -2.42. The Kier molecular flexibility index (Phi) is 6.10. The molecule has 6 nitrogen and oxygen atoms in total. The summed E-state index contributed by atoms with van der Waals surface area (Å²) in [5, 5.41) is 13.7. The molecule has 3 rings (SSSR count). The number of phenolic OH excluding ortho intramolecular Hbond substituents is 1. The zero-order valence-electron chi connectivity index (χ0n) is 13.7. The molecule has 0 aliphatic rings. The van der Waals surface area contributed by atoms with E-state index in [1.54, 1.807) is 12.1 Å². The van der Waals surface area contributed by atoms with Crippen LogP contribution in [-0.4, -0.2) is 21.8 Å². The van der Waals surface area contributed by atoms with E-state index in [0.29, 0.717) is 11.4 Å². The Morgan fingerprint density at radius 1 is 1.26 bits per heavy atom. The molecule has 27 heavy (non-hydrogen) atoms. The number of aromatic nitrogens is 1. The lowest BCUT2D eigenvalue weighted by atomic mass is 10.2. The van der Waals surface area contributed by atoms with E-state index in [4.69, 9.17) is 11.6 Å². The van der Waals surface area contributed by atoms with Crippen molar-refractivity contribution in [1.82, 2.24) is 9.99 Å². The van der Waals surface area contributed by atoms with Crippen LogP contribution in [0, 0.1) is 0 Å². The summed E-state index contributed by atoms with van der Waals surface area (Å²) in [6.45, 7) is 0.333. The van der Waals surface area contributed by atoms with Crippen LogP contribution in [0.15, 0.2) is 62.9 Å². The van der Waals surface area contributed by atoms with E-state index < -0.39 is 5.91 Å². The Morgan fingerprint density at radius 3 is 2.67 bits per heavy atom. The number of nitrogens with one attached hydrogen (secondary N) is 1. The molecule has 0 radical (unpaired) electrons. The maximum Gasteiger partial charge on any atom is 0.309 e. The number of carbonyl (C=O) groups excluding carboxylic acids is 1. The molecule has 3 aromatic rings. The van der Waals surface area contributed by atoms with Gasteiger partial charge in [0.15, 0.2) is 0 Å². The molecule has 0 unspecified atom stereocenters. The van der Waals surface area contributed by atoms with E-state index in [1.165, 1.54) is 22.9 Å². The minimum atomic E-state index is -0.567. The summed E-state index contributed by atoms with van der Waals surface area (Å²) in [6, 6.07) is 13.7. The molecular weight excluding hydrogens is 454 g/mol. The fraction of sp³-hybridized carbons (Fsp3) is 0.0556. The lowest BCUT2D eigenvalue weighted by Crippen LogP contribution is -2.17. The van der Waals surface area contributed by atoms with E-state index in [-0.39, 0.29) is 21.3 Å². The lowest BCUT2D eigenvalue weighted by molar-refractivity contribution is 0.0952. The third kappa shape index (κ3) is 4.65. The number of nitrogens with zero attached hydrogens (tertiary/aromatic N) is 2. The van der Waals surface area contributed by atoms with Crippen LogP contribution in [0.5, 0.6) is 5.75 Å². The molecule has 0 spiro atoms. The zero-order chi connectivity index (χ0) is 19.4. The summed E-state index contributed by atoms with van der Waals surface area (Å²) in [5.41, 5.74) is 3.33. The van der Waals surface area contributed by atoms with Crippen LogP contribution in [0.1, 0.15) is 20.8 Å². The number of benzene rings is 2. The van der Waals surface area contributed by atoms with Gasteiger partial charge in [-0.1, -0.05) is 63.1 Å². The maximum absolute atomic E-state index is 12.2. The predicted molar refractivity (Wildman–Crippen MR) is 110 cm³/mol. The smallest absolute Gasteiger partial charge is 0.309 e. The lowest BCUT2D eigenvalue weighted by Gasteiger charge is -2.04. The first kappa shape index (κ1) is 19.3. The predicted octanol–water partition coefficient (Wildman–Crippen LogP) is 3.84. The molecular formula is C18H13BrClN3O3S. The molecule has 138 valence electrons. The van der Waals surface area contributed by atoms with Gasteiger partial charge in [-0.2, -0.15) is 5.10 Å². The van der Waals surface area contributed by atoms with Gasteiger partial charge in [0.05, 0.1) is 23.2 Å². The van der Waals surface area contributed by atoms with E-state index in [2.05, 4.69) is 26.5 Å². The monoisotopic (exact) mass is 465 g/mol. The Balaban J connectivity index is 1.73. The van der Waals surface area contributed by atoms with Crippen molar-refractivity contribution in [2.45, 2.75) is 6.54 Å². The minimum absolute atomic E-state index is 0.0988. The largest absolute Gasteiger partial charge is 0.507 e. The average Bonchev–Trinajstić information content (AvgIpc) is 2.91. The summed E-state index contributed by atoms with van der Waals surface area (Å²) in [5.74, 6) is -0.712. The second-order valence-corrected chi connectivity index (χ2v) is 7.72.